The summed E-state index contributed by atoms with van der Waals surface area (Å²) in [4.78, 5) is 37.5. The van der Waals surface area contributed by atoms with E-state index in [0.717, 1.165) is 0 Å². The number of rotatable bonds is 9. The minimum absolute atomic E-state index is 0.00975. The monoisotopic (exact) mass is 567 g/mol. The zero-order valence-corrected chi connectivity index (χ0v) is 22.3. The Hall–Kier alpha value is -4.70. The highest BCUT2D eigenvalue weighted by molar-refractivity contribution is 6.33. The number of aromatic nitrogens is 1. The van der Waals surface area contributed by atoms with Crippen LogP contribution in [-0.2, 0) is 22.5 Å². The van der Waals surface area contributed by atoms with E-state index < -0.39 is 23.4 Å². The van der Waals surface area contributed by atoms with Gasteiger partial charge in [0.25, 0.3) is 5.56 Å². The quantitative estimate of drug-likeness (QED) is 0.164. The Balaban J connectivity index is 1.76. The molecule has 0 aliphatic rings. The predicted octanol–water partition coefficient (Wildman–Crippen LogP) is 4.82. The number of nitrogens with zero attached hydrogens (tertiary/aromatic N) is 1. The average Bonchev–Trinajstić information content (AvgIpc) is 3.39. The zero-order chi connectivity index (χ0) is 29.1. The van der Waals surface area contributed by atoms with Gasteiger partial charge in [-0.05, 0) is 67.4 Å². The Labute approximate surface area is 233 Å². The first-order chi connectivity index (χ1) is 19.0. The number of carboxylic acid groups (broad SMARTS) is 1. The van der Waals surface area contributed by atoms with E-state index in [0.29, 0.717) is 23.2 Å². The van der Waals surface area contributed by atoms with Gasteiger partial charge in [-0.25, -0.2) is 4.79 Å². The molecule has 0 saturated carbocycles. The normalized spacial score (nSPS) is 11.8. The molecule has 2 heterocycles. The van der Waals surface area contributed by atoms with Crippen LogP contribution in [0.25, 0.3) is 11.3 Å². The molecular weight excluding hydrogens is 542 g/mol. The lowest BCUT2D eigenvalue weighted by molar-refractivity contribution is -0.140. The number of phenols is 2. The highest BCUT2D eigenvalue weighted by Crippen LogP contribution is 2.37. The maximum atomic E-state index is 13.7. The Morgan fingerprint density at radius 3 is 2.42 bits per heavy atom. The molecule has 0 bridgehead atoms. The summed E-state index contributed by atoms with van der Waals surface area (Å²) >= 11 is 6.29. The van der Waals surface area contributed by atoms with Crippen molar-refractivity contribution < 1.29 is 39.2 Å². The SMILES string of the molecule is COC(=O)C[C@H](c1ccc(-c2cc(C(=O)O)ccc2Cl)o1)c1c(O)cc(C)n(CCc2ccc(O)c(O)c2)c1=O. The number of aromatic hydroxyl groups is 3. The van der Waals surface area contributed by atoms with Crippen LogP contribution in [0.4, 0.5) is 0 Å². The van der Waals surface area contributed by atoms with Crippen molar-refractivity contribution in [2.75, 3.05) is 7.11 Å². The van der Waals surface area contributed by atoms with Gasteiger partial charge in [-0.3, -0.25) is 9.59 Å². The number of carbonyl (C=O) groups excluding carboxylic acids is 1. The van der Waals surface area contributed by atoms with Gasteiger partial charge in [0.05, 0.1) is 35.6 Å². The lowest BCUT2D eigenvalue weighted by Gasteiger charge is -2.19. The van der Waals surface area contributed by atoms with E-state index in [1.54, 1.807) is 13.0 Å². The van der Waals surface area contributed by atoms with Crippen LogP contribution in [0, 0.1) is 6.92 Å². The first-order valence-corrected chi connectivity index (χ1v) is 12.5. The molecule has 0 fully saturated rings. The molecule has 11 heteroatoms. The van der Waals surface area contributed by atoms with Crippen molar-refractivity contribution in [1.29, 1.82) is 0 Å². The van der Waals surface area contributed by atoms with E-state index in [-0.39, 0.29) is 57.9 Å². The van der Waals surface area contributed by atoms with Crippen molar-refractivity contribution in [1.82, 2.24) is 4.57 Å². The third kappa shape index (κ3) is 5.81. The molecule has 10 nitrogen and oxygen atoms in total. The molecule has 0 spiro atoms. The summed E-state index contributed by atoms with van der Waals surface area (Å²) < 4.78 is 12.3. The molecular formula is C29H26ClNO9. The molecule has 4 aromatic rings. The Morgan fingerprint density at radius 1 is 1.00 bits per heavy atom. The first-order valence-electron chi connectivity index (χ1n) is 12.1. The number of furan rings is 1. The summed E-state index contributed by atoms with van der Waals surface area (Å²) in [5.41, 5.74) is 0.771. The van der Waals surface area contributed by atoms with Gasteiger partial charge in [0.2, 0.25) is 0 Å². The van der Waals surface area contributed by atoms with Crippen LogP contribution in [0.3, 0.4) is 0 Å². The fraction of sp³-hybridized carbons (Fsp3) is 0.207. The molecule has 0 radical (unpaired) electrons. The Morgan fingerprint density at radius 2 is 1.75 bits per heavy atom. The summed E-state index contributed by atoms with van der Waals surface area (Å²) in [6, 6.07) is 12.9. The van der Waals surface area contributed by atoms with E-state index in [9.17, 15) is 34.8 Å². The third-order valence-corrected chi connectivity index (χ3v) is 6.91. The van der Waals surface area contributed by atoms with Crippen molar-refractivity contribution in [2.45, 2.75) is 32.2 Å². The number of phenolic OH excluding ortho intramolecular Hbond substituents is 2. The molecule has 0 unspecified atom stereocenters. The first kappa shape index (κ1) is 28.3. The van der Waals surface area contributed by atoms with Crippen LogP contribution in [0.2, 0.25) is 5.02 Å². The molecule has 0 aliphatic heterocycles. The van der Waals surface area contributed by atoms with Crippen molar-refractivity contribution in [3.8, 4) is 28.6 Å². The van der Waals surface area contributed by atoms with Crippen LogP contribution >= 0.6 is 11.6 Å². The van der Waals surface area contributed by atoms with Gasteiger partial charge in [0, 0.05) is 17.8 Å². The van der Waals surface area contributed by atoms with Crippen molar-refractivity contribution >= 4 is 23.5 Å². The van der Waals surface area contributed by atoms with Crippen LogP contribution in [0.1, 0.15) is 45.3 Å². The smallest absolute Gasteiger partial charge is 0.335 e. The molecule has 0 aliphatic carbocycles. The van der Waals surface area contributed by atoms with Gasteiger partial charge in [-0.2, -0.15) is 0 Å². The molecule has 1 atom stereocenters. The second-order valence-corrected chi connectivity index (χ2v) is 9.56. The lowest BCUT2D eigenvalue weighted by Crippen LogP contribution is -2.29. The van der Waals surface area contributed by atoms with Crippen LogP contribution in [0.15, 0.2) is 63.8 Å². The Bertz CT molecular complexity index is 1650. The molecule has 2 aromatic carbocycles. The minimum atomic E-state index is -1.15. The number of hydrogen-bond donors (Lipinski definition) is 4. The largest absolute Gasteiger partial charge is 0.507 e. The summed E-state index contributed by atoms with van der Waals surface area (Å²) in [5, 5.41) is 39.8. The van der Waals surface area contributed by atoms with Gasteiger partial charge < -0.3 is 34.1 Å². The molecule has 0 saturated heterocycles. The zero-order valence-electron chi connectivity index (χ0n) is 21.6. The number of halogens is 1. The summed E-state index contributed by atoms with van der Waals surface area (Å²) in [6.45, 7) is 1.82. The van der Waals surface area contributed by atoms with Gasteiger partial charge in [0.1, 0.15) is 17.3 Å². The number of carbonyl (C=O) groups is 2. The van der Waals surface area contributed by atoms with Crippen LogP contribution in [-0.4, -0.2) is 44.0 Å². The number of ether oxygens (including phenoxy) is 1. The van der Waals surface area contributed by atoms with Gasteiger partial charge in [0.15, 0.2) is 11.5 Å². The van der Waals surface area contributed by atoms with Crippen LogP contribution < -0.4 is 5.56 Å². The topological polar surface area (TPSA) is 159 Å². The summed E-state index contributed by atoms with van der Waals surface area (Å²) in [7, 11) is 1.20. The van der Waals surface area contributed by atoms with E-state index in [1.165, 1.54) is 60.2 Å². The molecule has 4 N–H and O–H groups in total. The second-order valence-electron chi connectivity index (χ2n) is 9.15. The highest BCUT2D eigenvalue weighted by Gasteiger charge is 2.29. The average molecular weight is 568 g/mol. The van der Waals surface area contributed by atoms with Gasteiger partial charge in [-0.15, -0.1) is 0 Å². The van der Waals surface area contributed by atoms with Gasteiger partial charge in [-0.1, -0.05) is 17.7 Å². The number of aromatic carboxylic acids is 1. The van der Waals surface area contributed by atoms with Crippen molar-refractivity contribution in [3.05, 3.63) is 98.1 Å². The number of hydrogen-bond acceptors (Lipinski definition) is 8. The standard InChI is InChI=1S/C29H26ClNO9/c1-15-11-23(34)27(28(36)31(15)10-9-16-3-6-21(32)22(33)12-16)19(14-26(35)39-2)25-8-7-24(40-25)18-13-17(29(37)38)4-5-20(18)30/h3-8,11-13,19,32-34H,9-10,14H2,1-2H3,(H,37,38)/t19-/m1/s1. The number of esters is 1. The van der Waals surface area contributed by atoms with Crippen molar-refractivity contribution in [3.63, 3.8) is 0 Å². The minimum Gasteiger partial charge on any atom is -0.507 e. The molecule has 208 valence electrons. The number of pyridine rings is 1. The third-order valence-electron chi connectivity index (χ3n) is 6.58. The molecule has 4 rings (SSSR count). The van der Waals surface area contributed by atoms with Crippen molar-refractivity contribution in [2.24, 2.45) is 0 Å². The summed E-state index contributed by atoms with van der Waals surface area (Å²) in [6.07, 6.45) is -0.00612. The van der Waals surface area contributed by atoms with E-state index in [2.05, 4.69) is 0 Å². The highest BCUT2D eigenvalue weighted by atomic mass is 35.5. The predicted molar refractivity (Wildman–Crippen MR) is 145 cm³/mol. The Kier molecular flexibility index (Phi) is 8.20. The number of benzene rings is 2. The van der Waals surface area contributed by atoms with Gasteiger partial charge >= 0.3 is 11.9 Å². The van der Waals surface area contributed by atoms with E-state index in [1.807, 2.05) is 0 Å². The number of methoxy groups -OCH3 is 1. The fourth-order valence-electron chi connectivity index (χ4n) is 4.47. The fourth-order valence-corrected chi connectivity index (χ4v) is 4.68. The van der Waals surface area contributed by atoms with E-state index in [4.69, 9.17) is 20.8 Å². The van der Waals surface area contributed by atoms with E-state index >= 15 is 0 Å². The summed E-state index contributed by atoms with van der Waals surface area (Å²) in [5.74, 6) is -3.36. The molecule has 2 aromatic heterocycles. The molecule has 40 heavy (non-hydrogen) atoms. The maximum Gasteiger partial charge on any atom is 0.335 e. The number of aryl methyl sites for hydroxylation is 2. The second kappa shape index (κ2) is 11.6. The lowest BCUT2D eigenvalue weighted by atomic mass is 9.93. The molecule has 0 amide bonds. The maximum absolute atomic E-state index is 13.7. The van der Waals surface area contributed by atoms with Crippen LogP contribution in [0.5, 0.6) is 17.2 Å². The number of carboxylic acids is 1.